The molecule has 0 spiro atoms. The molecule has 29 heavy (non-hydrogen) atoms. The van der Waals surface area contributed by atoms with Crippen molar-refractivity contribution in [2.24, 2.45) is 0 Å². The lowest BCUT2D eigenvalue weighted by molar-refractivity contribution is -0.137. The van der Waals surface area contributed by atoms with E-state index in [9.17, 15) is 26.4 Å². The van der Waals surface area contributed by atoms with E-state index in [-0.39, 0.29) is 34.5 Å². The number of nitrogens with zero attached hydrogens (tertiary/aromatic N) is 1. The van der Waals surface area contributed by atoms with E-state index in [2.05, 4.69) is 14.5 Å². The number of halogens is 5. The Morgan fingerprint density at radius 3 is 2.45 bits per heavy atom. The molecule has 0 aliphatic heterocycles. The third kappa shape index (κ3) is 5.95. The van der Waals surface area contributed by atoms with Gasteiger partial charge in [-0.3, -0.25) is 4.98 Å². The highest BCUT2D eigenvalue weighted by Crippen LogP contribution is 2.35. The maximum Gasteiger partial charge on any atom is 0.421 e. The minimum Gasteiger partial charge on any atom is -0.446 e. The molecule has 0 bridgehead atoms. The second-order valence-corrected chi connectivity index (χ2v) is 7.90. The predicted molar refractivity (Wildman–Crippen MR) is 98.2 cm³/mol. The Labute approximate surface area is 173 Å². The van der Waals surface area contributed by atoms with E-state index in [1.807, 2.05) is 0 Å². The van der Waals surface area contributed by atoms with Crippen molar-refractivity contribution in [1.29, 1.82) is 0 Å². The van der Waals surface area contributed by atoms with Crippen molar-refractivity contribution in [2.45, 2.75) is 11.1 Å². The number of benzene rings is 1. The molecule has 7 nitrogen and oxygen atoms in total. The molecule has 13 heteroatoms. The lowest BCUT2D eigenvalue weighted by Crippen LogP contribution is -2.32. The van der Waals surface area contributed by atoms with Gasteiger partial charge in [0.05, 0.1) is 27.9 Å². The molecule has 0 fully saturated rings. The molecule has 2 aromatic rings. The van der Waals surface area contributed by atoms with Crippen LogP contribution in [0.2, 0.25) is 10.0 Å². The number of nitrogens with one attached hydrogen (secondary N) is 1. The van der Waals surface area contributed by atoms with Crippen LogP contribution in [0.3, 0.4) is 0 Å². The van der Waals surface area contributed by atoms with Gasteiger partial charge in [-0.1, -0.05) is 29.3 Å². The van der Waals surface area contributed by atoms with Crippen LogP contribution in [0.1, 0.15) is 5.56 Å². The maximum atomic E-state index is 12.8. The highest BCUT2D eigenvalue weighted by atomic mass is 35.5. The molecule has 2 rings (SSSR count). The zero-order chi connectivity index (χ0) is 21.8. The molecular weight excluding hydrogens is 460 g/mol. The number of hydrogen-bond donors (Lipinski definition) is 1. The first-order chi connectivity index (χ1) is 13.5. The summed E-state index contributed by atoms with van der Waals surface area (Å²) < 4.78 is 74.0. The summed E-state index contributed by atoms with van der Waals surface area (Å²) in [6.45, 7) is -0.126. The van der Waals surface area contributed by atoms with Crippen LogP contribution in [0.15, 0.2) is 35.4 Å². The predicted octanol–water partition coefficient (Wildman–Crippen LogP) is 4.14. The van der Waals surface area contributed by atoms with Gasteiger partial charge < -0.3 is 9.47 Å². The Balaban J connectivity index is 2.36. The fraction of sp³-hybridized carbons (Fsp3) is 0.250. The molecule has 0 aliphatic rings. The second-order valence-electron chi connectivity index (χ2n) is 5.43. The van der Waals surface area contributed by atoms with E-state index in [1.165, 1.54) is 19.2 Å². The van der Waals surface area contributed by atoms with Gasteiger partial charge in [-0.25, -0.2) is 17.9 Å². The first-order valence-corrected chi connectivity index (χ1v) is 9.91. The number of alkyl halides is 3. The summed E-state index contributed by atoms with van der Waals surface area (Å²) in [4.78, 5) is 14.8. The van der Waals surface area contributed by atoms with Gasteiger partial charge in [0.15, 0.2) is 0 Å². The number of sulfonamides is 1. The van der Waals surface area contributed by atoms with Crippen molar-refractivity contribution in [3.63, 3.8) is 0 Å². The first-order valence-electron chi connectivity index (χ1n) is 7.67. The number of amides is 1. The summed E-state index contributed by atoms with van der Waals surface area (Å²) in [5.74, 6) is 0. The van der Waals surface area contributed by atoms with E-state index in [0.717, 1.165) is 6.07 Å². The molecule has 0 unspecified atom stereocenters. The molecular formula is C16H13Cl2F3N2O5S. The van der Waals surface area contributed by atoms with Crippen LogP contribution in [0.4, 0.5) is 18.0 Å². The molecule has 0 atom stereocenters. The smallest absolute Gasteiger partial charge is 0.421 e. The van der Waals surface area contributed by atoms with E-state index < -0.39 is 32.8 Å². The number of carbonyl (C=O) groups excluding carboxylic acids is 1. The number of rotatable bonds is 6. The lowest BCUT2D eigenvalue weighted by Gasteiger charge is -2.12. The zero-order valence-electron chi connectivity index (χ0n) is 14.6. The van der Waals surface area contributed by atoms with Crippen molar-refractivity contribution in [2.75, 3.05) is 20.3 Å². The van der Waals surface area contributed by atoms with Crippen molar-refractivity contribution >= 4 is 39.3 Å². The summed E-state index contributed by atoms with van der Waals surface area (Å²) in [7, 11) is -3.09. The number of aromatic nitrogens is 1. The van der Waals surface area contributed by atoms with Gasteiger partial charge in [-0.05, 0) is 18.2 Å². The molecule has 0 aliphatic carbocycles. The highest BCUT2D eigenvalue weighted by molar-refractivity contribution is 7.90. The maximum absolute atomic E-state index is 12.8. The average Bonchev–Trinajstić information content (AvgIpc) is 2.61. The minimum absolute atomic E-state index is 0.0573. The van der Waals surface area contributed by atoms with Crippen molar-refractivity contribution in [3.05, 3.63) is 46.1 Å². The van der Waals surface area contributed by atoms with E-state index >= 15 is 0 Å². The minimum atomic E-state index is -4.64. The Bertz CT molecular complexity index is 1020. The molecule has 158 valence electrons. The van der Waals surface area contributed by atoms with Crippen molar-refractivity contribution in [3.8, 4) is 11.3 Å². The topological polar surface area (TPSA) is 94.6 Å². The molecule has 1 heterocycles. The van der Waals surface area contributed by atoms with Crippen LogP contribution < -0.4 is 4.72 Å². The lowest BCUT2D eigenvalue weighted by atomic mass is 10.1. The van der Waals surface area contributed by atoms with E-state index in [4.69, 9.17) is 23.2 Å². The van der Waals surface area contributed by atoms with Crippen molar-refractivity contribution in [1.82, 2.24) is 9.71 Å². The van der Waals surface area contributed by atoms with Gasteiger partial charge in [-0.2, -0.15) is 13.2 Å². The van der Waals surface area contributed by atoms with Gasteiger partial charge in [0.2, 0.25) is 0 Å². The van der Waals surface area contributed by atoms with Gasteiger partial charge >= 0.3 is 12.3 Å². The number of hydrogen-bond acceptors (Lipinski definition) is 6. The molecule has 0 saturated heterocycles. The van der Waals surface area contributed by atoms with Crippen LogP contribution in [-0.4, -0.2) is 39.8 Å². The van der Waals surface area contributed by atoms with Crippen LogP contribution in [0.25, 0.3) is 11.3 Å². The number of pyridine rings is 1. The molecule has 0 radical (unpaired) electrons. The standard InChI is InChI=1S/C16H13Cl2F3N2O5S/c1-27-4-5-28-15(24)23-29(25,26)13-6-9(2-3-11(13)17)14-12(18)7-10(8-22-14)16(19,20)21/h2-3,6-8H,4-5H2,1H3,(H,23,24). The number of ether oxygens (including phenoxy) is 2. The van der Waals surface area contributed by atoms with Crippen molar-refractivity contribution < 1.29 is 35.9 Å². The van der Waals surface area contributed by atoms with Gasteiger partial charge in [-0.15, -0.1) is 0 Å². The first kappa shape index (κ1) is 23.2. The largest absolute Gasteiger partial charge is 0.446 e. The van der Waals surface area contributed by atoms with Gasteiger partial charge in [0.25, 0.3) is 10.0 Å². The average molecular weight is 473 g/mol. The summed E-state index contributed by atoms with van der Waals surface area (Å²) in [5.41, 5.74) is -1.09. The van der Waals surface area contributed by atoms with Crippen LogP contribution in [-0.2, 0) is 25.7 Å². The quantitative estimate of drug-likeness (QED) is 0.634. The van der Waals surface area contributed by atoms with Gasteiger partial charge in [0.1, 0.15) is 11.5 Å². The molecule has 1 aromatic heterocycles. The van der Waals surface area contributed by atoms with Gasteiger partial charge in [0, 0.05) is 18.9 Å². The van der Waals surface area contributed by atoms with Crippen LogP contribution in [0.5, 0.6) is 0 Å². The number of carbonyl (C=O) groups is 1. The molecule has 1 amide bonds. The van der Waals surface area contributed by atoms with Crippen LogP contribution >= 0.6 is 23.2 Å². The summed E-state index contributed by atoms with van der Waals surface area (Å²) in [6.07, 6.45) is -5.33. The molecule has 0 saturated carbocycles. The monoisotopic (exact) mass is 472 g/mol. The molecule has 1 aromatic carbocycles. The third-order valence-electron chi connectivity index (χ3n) is 3.40. The Morgan fingerprint density at radius 2 is 1.86 bits per heavy atom. The summed E-state index contributed by atoms with van der Waals surface area (Å²) in [6, 6.07) is 4.18. The second kappa shape index (κ2) is 9.16. The Kier molecular flexibility index (Phi) is 7.33. The number of methoxy groups -OCH3 is 1. The normalized spacial score (nSPS) is 11.9. The fourth-order valence-corrected chi connectivity index (χ4v) is 3.77. The Hall–Kier alpha value is -2.08. The SMILES string of the molecule is COCCOC(=O)NS(=O)(=O)c1cc(-c2ncc(C(F)(F)F)cc2Cl)ccc1Cl. The summed E-state index contributed by atoms with van der Waals surface area (Å²) in [5, 5.41) is -0.591. The Morgan fingerprint density at radius 1 is 1.17 bits per heavy atom. The fourth-order valence-electron chi connectivity index (χ4n) is 2.07. The summed E-state index contributed by atoms with van der Waals surface area (Å²) >= 11 is 11.8. The highest BCUT2D eigenvalue weighted by Gasteiger charge is 2.32. The third-order valence-corrected chi connectivity index (χ3v) is 5.48. The van der Waals surface area contributed by atoms with Crippen LogP contribution in [0, 0.1) is 0 Å². The van der Waals surface area contributed by atoms with E-state index in [0.29, 0.717) is 12.3 Å². The zero-order valence-corrected chi connectivity index (χ0v) is 16.9. The molecule has 1 N–H and O–H groups in total. The van der Waals surface area contributed by atoms with E-state index in [1.54, 1.807) is 4.72 Å².